The SMILES string of the molecule is C[C@H]1C=C[C@]2(CC(CF)=NO2)[C@H]2CN1C(=O)c1c(OCc3ccccc3)c(=O)c(C(=O)N(Cc3ccc(F)cc3F)C(=O)O)cn12. The van der Waals surface area contributed by atoms with Gasteiger partial charge in [-0.3, -0.25) is 14.4 Å². The number of oxime groups is 1. The lowest BCUT2D eigenvalue weighted by atomic mass is 9.87. The van der Waals surface area contributed by atoms with Crippen LogP contribution in [0.5, 0.6) is 5.75 Å². The quantitative estimate of drug-likeness (QED) is 0.379. The van der Waals surface area contributed by atoms with Crippen LogP contribution in [0.3, 0.4) is 0 Å². The molecule has 238 valence electrons. The Morgan fingerprint density at radius 2 is 1.93 bits per heavy atom. The third-order valence-electron chi connectivity index (χ3n) is 8.33. The third kappa shape index (κ3) is 5.29. The molecule has 1 aromatic heterocycles. The minimum atomic E-state index is -1.81. The second-order valence-electron chi connectivity index (χ2n) is 11.2. The smallest absolute Gasteiger partial charge is 0.414 e. The van der Waals surface area contributed by atoms with E-state index in [0.717, 1.165) is 18.3 Å². The molecule has 3 aromatic rings. The summed E-state index contributed by atoms with van der Waals surface area (Å²) in [6, 6.07) is 9.77. The third-order valence-corrected chi connectivity index (χ3v) is 8.33. The Labute approximate surface area is 259 Å². The molecule has 0 saturated heterocycles. The molecule has 1 spiro atoms. The molecule has 14 heteroatoms. The van der Waals surface area contributed by atoms with Gasteiger partial charge in [-0.25, -0.2) is 22.9 Å². The number of carbonyl (C=O) groups is 3. The van der Waals surface area contributed by atoms with E-state index in [1.165, 1.54) is 9.47 Å². The fourth-order valence-corrected chi connectivity index (χ4v) is 5.89. The summed E-state index contributed by atoms with van der Waals surface area (Å²) in [5.74, 6) is -4.45. The van der Waals surface area contributed by atoms with Gasteiger partial charge in [-0.15, -0.1) is 0 Å². The molecule has 4 heterocycles. The van der Waals surface area contributed by atoms with Crippen LogP contribution in [0.4, 0.5) is 18.0 Å². The highest BCUT2D eigenvalue weighted by molar-refractivity contribution is 6.04. The van der Waals surface area contributed by atoms with Crippen LogP contribution in [0.1, 0.15) is 51.4 Å². The lowest BCUT2D eigenvalue weighted by Gasteiger charge is -2.42. The van der Waals surface area contributed by atoms with Gasteiger partial charge in [0.05, 0.1) is 18.3 Å². The minimum absolute atomic E-state index is 0.000433. The number of amides is 3. The normalized spacial score (nSPS) is 21.3. The van der Waals surface area contributed by atoms with Gasteiger partial charge in [-0.2, -0.15) is 0 Å². The lowest BCUT2D eigenvalue weighted by Crippen LogP contribution is -2.53. The molecular formula is C32H27F3N4O7. The molecule has 3 aliphatic rings. The molecule has 1 N–H and O–H groups in total. The zero-order valence-electron chi connectivity index (χ0n) is 24.4. The number of hydrogen-bond acceptors (Lipinski definition) is 7. The highest BCUT2D eigenvalue weighted by Crippen LogP contribution is 2.44. The molecule has 0 fully saturated rings. The lowest BCUT2D eigenvalue weighted by molar-refractivity contribution is -0.0318. The summed E-state index contributed by atoms with van der Waals surface area (Å²) in [4.78, 5) is 61.7. The zero-order valence-corrected chi connectivity index (χ0v) is 24.4. The fraction of sp³-hybridized carbons (Fsp3) is 0.281. The van der Waals surface area contributed by atoms with Crippen molar-refractivity contribution in [3.8, 4) is 5.75 Å². The van der Waals surface area contributed by atoms with Gasteiger partial charge in [-0.05, 0) is 24.6 Å². The summed E-state index contributed by atoms with van der Waals surface area (Å²) >= 11 is 0. The number of pyridine rings is 1. The largest absolute Gasteiger partial charge is 0.483 e. The predicted octanol–water partition coefficient (Wildman–Crippen LogP) is 4.47. The first-order valence-corrected chi connectivity index (χ1v) is 14.3. The summed E-state index contributed by atoms with van der Waals surface area (Å²) in [6.45, 7) is -0.162. The number of hydrogen-bond donors (Lipinski definition) is 1. The maximum Gasteiger partial charge on any atom is 0.414 e. The van der Waals surface area contributed by atoms with E-state index in [1.54, 1.807) is 49.4 Å². The van der Waals surface area contributed by atoms with E-state index in [0.29, 0.717) is 11.6 Å². The molecule has 6 rings (SSSR count). The fourth-order valence-electron chi connectivity index (χ4n) is 5.89. The topological polar surface area (TPSA) is 131 Å². The summed E-state index contributed by atoms with van der Waals surface area (Å²) in [5, 5.41) is 13.9. The highest BCUT2D eigenvalue weighted by atomic mass is 19.1. The Morgan fingerprint density at radius 3 is 2.61 bits per heavy atom. The van der Waals surface area contributed by atoms with Crippen LogP contribution < -0.4 is 10.2 Å². The number of aromatic nitrogens is 1. The summed E-state index contributed by atoms with van der Waals surface area (Å²) < 4.78 is 49.0. The van der Waals surface area contributed by atoms with Gasteiger partial charge in [0.2, 0.25) is 5.43 Å². The molecule has 3 amide bonds. The monoisotopic (exact) mass is 636 g/mol. The first kappa shape index (κ1) is 30.6. The van der Waals surface area contributed by atoms with E-state index in [4.69, 9.17) is 9.57 Å². The average Bonchev–Trinajstić information content (AvgIpc) is 3.42. The number of rotatable bonds is 7. The Hall–Kier alpha value is -5.40. The van der Waals surface area contributed by atoms with Gasteiger partial charge in [0, 0.05) is 36.8 Å². The van der Waals surface area contributed by atoms with Gasteiger partial charge in [0.25, 0.3) is 11.8 Å². The van der Waals surface area contributed by atoms with Crippen molar-refractivity contribution in [1.29, 1.82) is 0 Å². The molecule has 2 aromatic carbocycles. The maximum absolute atomic E-state index is 14.5. The number of carbonyl (C=O) groups excluding carboxylic acids is 2. The molecule has 3 atom stereocenters. The van der Waals surface area contributed by atoms with Crippen molar-refractivity contribution in [2.24, 2.45) is 5.16 Å². The molecule has 0 unspecified atom stereocenters. The van der Waals surface area contributed by atoms with Crippen molar-refractivity contribution < 1.29 is 42.2 Å². The summed E-state index contributed by atoms with van der Waals surface area (Å²) in [7, 11) is 0. The van der Waals surface area contributed by atoms with Crippen LogP contribution in [-0.4, -0.2) is 68.0 Å². The van der Waals surface area contributed by atoms with Gasteiger partial charge in [0.15, 0.2) is 17.0 Å². The van der Waals surface area contributed by atoms with Crippen molar-refractivity contribution in [2.75, 3.05) is 13.2 Å². The number of nitrogens with zero attached hydrogens (tertiary/aromatic N) is 4. The number of imide groups is 1. The van der Waals surface area contributed by atoms with E-state index >= 15 is 0 Å². The summed E-state index contributed by atoms with van der Waals surface area (Å²) in [6.07, 6.45) is 2.61. The first-order chi connectivity index (χ1) is 22.0. The molecule has 0 saturated carbocycles. The summed E-state index contributed by atoms with van der Waals surface area (Å²) in [5.41, 5.74) is -2.89. The van der Waals surface area contributed by atoms with Gasteiger partial charge < -0.3 is 24.1 Å². The van der Waals surface area contributed by atoms with E-state index in [1.807, 2.05) is 0 Å². The molecule has 46 heavy (non-hydrogen) atoms. The molecule has 0 aliphatic carbocycles. The molecule has 2 bridgehead atoms. The predicted molar refractivity (Wildman–Crippen MR) is 156 cm³/mol. The number of ether oxygens (including phenoxy) is 1. The Morgan fingerprint density at radius 1 is 1.17 bits per heavy atom. The van der Waals surface area contributed by atoms with E-state index in [9.17, 15) is 37.5 Å². The van der Waals surface area contributed by atoms with Crippen LogP contribution in [0.2, 0.25) is 0 Å². The number of carboxylic acid groups (broad SMARTS) is 1. The van der Waals surface area contributed by atoms with Crippen molar-refractivity contribution >= 4 is 23.6 Å². The van der Waals surface area contributed by atoms with Crippen LogP contribution in [0.25, 0.3) is 0 Å². The average molecular weight is 637 g/mol. The van der Waals surface area contributed by atoms with Gasteiger partial charge in [-0.1, -0.05) is 47.6 Å². The molecular weight excluding hydrogens is 609 g/mol. The second kappa shape index (κ2) is 11.8. The maximum atomic E-state index is 14.5. The van der Waals surface area contributed by atoms with Crippen LogP contribution in [0, 0.1) is 11.6 Å². The Bertz CT molecular complexity index is 1860. The number of halogens is 3. The number of benzene rings is 2. The highest BCUT2D eigenvalue weighted by Gasteiger charge is 2.52. The van der Waals surface area contributed by atoms with E-state index < -0.39 is 77.2 Å². The number of alkyl halides is 1. The molecule has 3 aliphatic heterocycles. The minimum Gasteiger partial charge on any atom is -0.483 e. The first-order valence-electron chi connectivity index (χ1n) is 14.3. The van der Waals surface area contributed by atoms with E-state index in [-0.39, 0.29) is 41.4 Å². The van der Waals surface area contributed by atoms with Crippen molar-refractivity contribution in [2.45, 2.75) is 44.2 Å². The standard InChI is InChI=1S/C32H27F3N4O7/c1-18-9-10-32(12-22(13-33)36-46-32)25-16-37(18)30(42)26-28(45-17-19-5-3-2-4-6-19)27(40)23(15-38(25)26)29(41)39(31(43)44)14-20-7-8-21(34)11-24(20)35/h2-11,15,18,25H,12-14,16-17H2,1H3,(H,43,44)/t18-,25+,32-/m0/s1. The second-order valence-corrected chi connectivity index (χ2v) is 11.2. The van der Waals surface area contributed by atoms with Gasteiger partial charge >= 0.3 is 6.09 Å². The van der Waals surface area contributed by atoms with E-state index in [2.05, 4.69) is 5.16 Å². The molecule has 11 nitrogen and oxygen atoms in total. The zero-order chi connectivity index (χ0) is 32.7. The Kier molecular flexibility index (Phi) is 7.88. The van der Waals surface area contributed by atoms with Crippen molar-refractivity contribution in [3.63, 3.8) is 0 Å². The Balaban J connectivity index is 1.51. The number of fused-ring (bicyclic) bond motifs is 5. The van der Waals surface area contributed by atoms with Crippen LogP contribution >= 0.6 is 0 Å². The van der Waals surface area contributed by atoms with Crippen molar-refractivity contribution in [1.82, 2.24) is 14.4 Å². The van der Waals surface area contributed by atoms with Crippen molar-refractivity contribution in [3.05, 3.63) is 111 Å². The van der Waals surface area contributed by atoms with Crippen LogP contribution in [-0.2, 0) is 18.0 Å². The van der Waals surface area contributed by atoms with Crippen LogP contribution in [0.15, 0.2) is 76.8 Å². The molecule has 0 radical (unpaired) electrons. The van der Waals surface area contributed by atoms with Gasteiger partial charge in [0.1, 0.15) is 30.5 Å².